The first-order valence-electron chi connectivity index (χ1n) is 6.41. The van der Waals surface area contributed by atoms with E-state index >= 15 is 0 Å². The summed E-state index contributed by atoms with van der Waals surface area (Å²) in [5, 5.41) is 9.61. The lowest BCUT2D eigenvalue weighted by molar-refractivity contribution is -0.302. The molecule has 0 saturated heterocycles. The molecule has 1 heterocycles. The van der Waals surface area contributed by atoms with E-state index in [0.717, 1.165) is 12.3 Å². The maximum Gasteiger partial charge on any atom is 0.600 e. The molecule has 0 fully saturated rings. The lowest BCUT2D eigenvalue weighted by atomic mass is 10.1. The molecule has 1 aromatic heterocycles. The van der Waals surface area contributed by atoms with Gasteiger partial charge in [-0.3, -0.25) is 0 Å². The van der Waals surface area contributed by atoms with Crippen LogP contribution in [-0.2, 0) is 16.7 Å². The van der Waals surface area contributed by atoms with Crippen molar-refractivity contribution in [1.29, 1.82) is 0 Å². The van der Waals surface area contributed by atoms with E-state index in [1.54, 1.807) is 30.3 Å². The first-order chi connectivity index (χ1) is 9.62. The van der Waals surface area contributed by atoms with Gasteiger partial charge in [0, 0.05) is 23.8 Å². The summed E-state index contributed by atoms with van der Waals surface area (Å²) >= 11 is 0. The highest BCUT2D eigenvalue weighted by atomic mass is 32.2. The number of rotatable bonds is 2. The number of carbonyl (C=O) groups is 1. The number of carboxylic acids is 1. The van der Waals surface area contributed by atoms with Crippen LogP contribution in [0.2, 0.25) is 0 Å². The number of hydrogen-bond donors (Lipinski definition) is 0. The fraction of sp³-hybridized carbons (Fsp3) is 0.400. The van der Waals surface area contributed by atoms with Crippen molar-refractivity contribution in [3.05, 3.63) is 35.2 Å². The molecule has 0 aliphatic rings. The minimum absolute atomic E-state index is 0.243. The van der Waals surface area contributed by atoms with Crippen molar-refractivity contribution in [3.63, 3.8) is 0 Å². The van der Waals surface area contributed by atoms with Crippen molar-refractivity contribution in [2.75, 3.05) is 0 Å². The maximum absolute atomic E-state index is 13.1. The quantitative estimate of drug-likeness (QED) is 0.785. The molecule has 0 saturated carbocycles. The number of hydrogen-bond acceptors (Lipinski definition) is 2. The molecule has 1 unspecified atom stereocenters. The van der Waals surface area contributed by atoms with E-state index in [9.17, 15) is 13.2 Å². The summed E-state index contributed by atoms with van der Waals surface area (Å²) in [4.78, 5) is 9.41. The van der Waals surface area contributed by atoms with Gasteiger partial charge in [0.05, 0.1) is 10.5 Å². The van der Waals surface area contributed by atoms with Crippen LogP contribution in [0.25, 0.3) is 10.1 Å². The van der Waals surface area contributed by atoms with Gasteiger partial charge in [0.25, 0.3) is 0 Å². The molecule has 2 nitrogen and oxygen atoms in total. The van der Waals surface area contributed by atoms with Gasteiger partial charge in [-0.15, -0.1) is 13.2 Å². The number of aliphatic carboxylic acids is 1. The van der Waals surface area contributed by atoms with Gasteiger partial charge in [-0.05, 0) is 25.0 Å². The average molecular weight is 318 g/mol. The van der Waals surface area contributed by atoms with Crippen LogP contribution in [0.1, 0.15) is 25.6 Å². The summed E-state index contributed by atoms with van der Waals surface area (Å²) in [6, 6.07) is 8.53. The minimum Gasteiger partial charge on any atom is -0.550 e. The molecule has 0 amide bonds. The van der Waals surface area contributed by atoms with Gasteiger partial charge in [-0.25, -0.2) is 0 Å². The minimum atomic E-state index is -4.16. The molecule has 1 atom stereocenters. The SMILES string of the molecule is CC(=O)[O-].CC(C)Cc1cc2ccccc2[s+]1C(F)(F)F. The van der Waals surface area contributed by atoms with Crippen molar-refractivity contribution in [1.82, 2.24) is 0 Å². The average Bonchev–Trinajstić information content (AvgIpc) is 2.63. The van der Waals surface area contributed by atoms with Gasteiger partial charge in [-0.2, -0.15) is 0 Å². The number of halogens is 3. The van der Waals surface area contributed by atoms with Gasteiger partial charge < -0.3 is 9.90 Å². The summed E-state index contributed by atoms with van der Waals surface area (Å²) in [7, 11) is -1.72. The Labute approximate surface area is 124 Å². The number of benzene rings is 1. The lowest BCUT2D eigenvalue weighted by Crippen LogP contribution is -2.16. The molecule has 0 spiro atoms. The summed E-state index contributed by atoms with van der Waals surface area (Å²) in [6.45, 7) is 4.86. The van der Waals surface area contributed by atoms with Crippen LogP contribution < -0.4 is 5.11 Å². The molecule has 2 rings (SSSR count). The van der Waals surface area contributed by atoms with E-state index < -0.39 is 21.9 Å². The monoisotopic (exact) mass is 318 g/mol. The third-order valence-corrected chi connectivity index (χ3v) is 4.64. The fourth-order valence-electron chi connectivity index (χ4n) is 1.98. The van der Waals surface area contributed by atoms with Crippen LogP contribution in [-0.4, -0.2) is 5.97 Å². The largest absolute Gasteiger partial charge is 0.600 e. The van der Waals surface area contributed by atoms with E-state index in [-0.39, 0.29) is 5.92 Å². The number of carbonyl (C=O) groups excluding carboxylic acids is 1. The summed E-state index contributed by atoms with van der Waals surface area (Å²) in [5.41, 5.74) is -4.16. The van der Waals surface area contributed by atoms with Gasteiger partial charge in [0.15, 0.2) is 9.58 Å². The van der Waals surface area contributed by atoms with E-state index in [2.05, 4.69) is 0 Å². The first kappa shape index (κ1) is 17.5. The molecular formula is C15H17F3O2S. The van der Waals surface area contributed by atoms with Crippen molar-refractivity contribution in [2.45, 2.75) is 32.7 Å². The lowest BCUT2D eigenvalue weighted by Gasteiger charge is -2.02. The highest BCUT2D eigenvalue weighted by Crippen LogP contribution is 2.51. The summed E-state index contributed by atoms with van der Waals surface area (Å²) in [6.07, 6.45) is 0.511. The third kappa shape index (κ3) is 5.04. The molecular weight excluding hydrogens is 301 g/mol. The summed E-state index contributed by atoms with van der Waals surface area (Å²) in [5.74, 6) is -0.840. The Morgan fingerprint density at radius 1 is 1.29 bits per heavy atom. The fourth-order valence-corrected chi connectivity index (χ4v) is 4.13. The predicted octanol–water partition coefficient (Wildman–Crippen LogP) is 4.02. The Morgan fingerprint density at radius 3 is 2.29 bits per heavy atom. The molecule has 1 aromatic carbocycles. The summed E-state index contributed by atoms with van der Waals surface area (Å²) < 4.78 is 39.8. The van der Waals surface area contributed by atoms with Crippen LogP contribution in [0.5, 0.6) is 0 Å². The Hall–Kier alpha value is -1.56. The van der Waals surface area contributed by atoms with Crippen molar-refractivity contribution in [2.24, 2.45) is 5.92 Å². The van der Waals surface area contributed by atoms with Crippen LogP contribution in [0.4, 0.5) is 13.2 Å². The van der Waals surface area contributed by atoms with Crippen LogP contribution in [0.15, 0.2) is 30.3 Å². The van der Waals surface area contributed by atoms with Crippen molar-refractivity contribution in [3.8, 4) is 0 Å². The Kier molecular flexibility index (Phi) is 5.78. The second-order valence-electron chi connectivity index (χ2n) is 4.99. The Morgan fingerprint density at radius 2 is 1.81 bits per heavy atom. The molecule has 6 heteroatoms. The molecule has 21 heavy (non-hydrogen) atoms. The normalized spacial score (nSPS) is 12.2. The second kappa shape index (κ2) is 6.93. The Bertz CT molecular complexity index is 611. The Balaban J connectivity index is 0.000000491. The molecule has 0 bridgehead atoms. The van der Waals surface area contributed by atoms with Gasteiger partial charge >= 0.3 is 5.51 Å². The standard InChI is InChI=1S/C13H14F3S.C2H4O2/c1-9(2)7-11-8-10-5-3-4-6-12(10)17(11)13(14,15)16;1-2(3)4/h3-6,8-9H,7H2,1-2H3;1H3,(H,3,4)/q+1;/p-1. The van der Waals surface area contributed by atoms with Gasteiger partial charge in [0.2, 0.25) is 0 Å². The van der Waals surface area contributed by atoms with Crippen LogP contribution in [0, 0.1) is 5.92 Å². The van der Waals surface area contributed by atoms with E-state index in [1.807, 2.05) is 13.8 Å². The zero-order chi connectivity index (χ0) is 16.2. The van der Waals surface area contributed by atoms with Crippen molar-refractivity contribution < 1.29 is 23.1 Å². The van der Waals surface area contributed by atoms with E-state index in [1.165, 1.54) is 0 Å². The predicted molar refractivity (Wildman–Crippen MR) is 76.9 cm³/mol. The smallest absolute Gasteiger partial charge is 0.550 e. The third-order valence-electron chi connectivity index (χ3n) is 2.56. The number of fused-ring (bicyclic) bond motifs is 1. The van der Waals surface area contributed by atoms with Crippen LogP contribution in [0.3, 0.4) is 0 Å². The van der Waals surface area contributed by atoms with Crippen molar-refractivity contribution >= 4 is 26.5 Å². The zero-order valence-corrected chi connectivity index (χ0v) is 12.8. The molecule has 0 N–H and O–H groups in total. The number of thiophene rings is 1. The van der Waals surface area contributed by atoms with Crippen LogP contribution >= 0.6 is 10.5 Å². The maximum atomic E-state index is 13.1. The molecule has 0 radical (unpaired) electrons. The second-order valence-corrected chi connectivity index (χ2v) is 7.03. The van der Waals surface area contributed by atoms with E-state index in [0.29, 0.717) is 16.0 Å². The first-order valence-corrected chi connectivity index (χ1v) is 7.63. The number of alkyl halides is 3. The number of carboxylic acid groups (broad SMARTS) is 1. The zero-order valence-electron chi connectivity index (χ0n) is 12.0. The topological polar surface area (TPSA) is 40.1 Å². The molecule has 0 aliphatic heterocycles. The van der Waals surface area contributed by atoms with Gasteiger partial charge in [-0.1, -0.05) is 26.0 Å². The molecule has 116 valence electrons. The van der Waals surface area contributed by atoms with Gasteiger partial charge in [0.1, 0.15) is 0 Å². The highest BCUT2D eigenvalue weighted by Gasteiger charge is 2.47. The molecule has 2 aromatic rings. The van der Waals surface area contributed by atoms with E-state index in [4.69, 9.17) is 9.90 Å². The highest BCUT2D eigenvalue weighted by molar-refractivity contribution is 7.38. The molecule has 0 aliphatic carbocycles.